The minimum absolute atomic E-state index is 0.0625. The number of amides is 2. The van der Waals surface area contributed by atoms with Crippen LogP contribution in [-0.2, 0) is 4.74 Å². The van der Waals surface area contributed by atoms with E-state index in [4.69, 9.17) is 4.74 Å². The third-order valence-corrected chi connectivity index (χ3v) is 5.45. The second kappa shape index (κ2) is 5.19. The van der Waals surface area contributed by atoms with E-state index in [0.29, 0.717) is 18.6 Å². The van der Waals surface area contributed by atoms with Gasteiger partial charge in [-0.3, -0.25) is 0 Å². The molecule has 3 aliphatic rings. The molecule has 2 saturated carbocycles. The third-order valence-electron chi connectivity index (χ3n) is 5.45. The molecule has 114 valence electrons. The van der Waals surface area contributed by atoms with Crippen molar-refractivity contribution in [2.45, 2.75) is 57.3 Å². The van der Waals surface area contributed by atoms with Crippen LogP contribution in [0.3, 0.4) is 0 Å². The molecule has 1 aliphatic heterocycles. The average Bonchev–Trinajstić information content (AvgIpc) is 3.02. The quantitative estimate of drug-likeness (QED) is 0.821. The number of hydrogen-bond acceptors (Lipinski definition) is 3. The largest absolute Gasteiger partial charge is 0.392 e. The SMILES string of the molecule is CC(O)CN(C)C(=O)NC1C2CCOC2C12CCCC2. The van der Waals surface area contributed by atoms with Crippen LogP contribution in [0.5, 0.6) is 0 Å². The van der Waals surface area contributed by atoms with Crippen molar-refractivity contribution in [3.05, 3.63) is 0 Å². The van der Waals surface area contributed by atoms with Gasteiger partial charge < -0.3 is 20.1 Å². The van der Waals surface area contributed by atoms with E-state index in [2.05, 4.69) is 5.32 Å². The molecule has 0 bridgehead atoms. The summed E-state index contributed by atoms with van der Waals surface area (Å²) in [5.41, 5.74) is 0.197. The molecule has 1 spiro atoms. The maximum Gasteiger partial charge on any atom is 0.317 e. The van der Waals surface area contributed by atoms with E-state index in [1.165, 1.54) is 25.7 Å². The Morgan fingerprint density at radius 2 is 2.20 bits per heavy atom. The number of nitrogens with one attached hydrogen (secondary N) is 1. The highest BCUT2D eigenvalue weighted by Gasteiger charge is 2.65. The highest BCUT2D eigenvalue weighted by molar-refractivity contribution is 5.74. The van der Waals surface area contributed by atoms with Crippen molar-refractivity contribution in [3.63, 3.8) is 0 Å². The van der Waals surface area contributed by atoms with E-state index in [1.54, 1.807) is 18.9 Å². The van der Waals surface area contributed by atoms with E-state index in [0.717, 1.165) is 13.0 Å². The maximum atomic E-state index is 12.3. The Morgan fingerprint density at radius 3 is 2.85 bits per heavy atom. The first-order chi connectivity index (χ1) is 9.54. The smallest absolute Gasteiger partial charge is 0.317 e. The Labute approximate surface area is 120 Å². The lowest BCUT2D eigenvalue weighted by molar-refractivity contribution is -0.126. The summed E-state index contributed by atoms with van der Waals surface area (Å²) in [5.74, 6) is 0.497. The molecule has 0 aromatic rings. The molecule has 0 radical (unpaired) electrons. The van der Waals surface area contributed by atoms with Crippen LogP contribution in [0.2, 0.25) is 0 Å². The highest BCUT2D eigenvalue weighted by atomic mass is 16.5. The number of aliphatic hydroxyl groups excluding tert-OH is 1. The molecule has 2 N–H and O–H groups in total. The van der Waals surface area contributed by atoms with Gasteiger partial charge in [0.2, 0.25) is 0 Å². The van der Waals surface area contributed by atoms with Crippen LogP contribution in [0.1, 0.15) is 39.0 Å². The van der Waals surface area contributed by atoms with Gasteiger partial charge in [0.15, 0.2) is 0 Å². The van der Waals surface area contributed by atoms with Gasteiger partial charge in [-0.25, -0.2) is 4.79 Å². The molecule has 5 nitrogen and oxygen atoms in total. The van der Waals surface area contributed by atoms with Crippen LogP contribution in [0.25, 0.3) is 0 Å². The number of ether oxygens (including phenoxy) is 1. The molecule has 1 heterocycles. The maximum absolute atomic E-state index is 12.3. The topological polar surface area (TPSA) is 61.8 Å². The van der Waals surface area contributed by atoms with E-state index < -0.39 is 6.10 Å². The first-order valence-corrected chi connectivity index (χ1v) is 7.86. The fraction of sp³-hybridized carbons (Fsp3) is 0.933. The lowest BCUT2D eigenvalue weighted by Crippen LogP contribution is -2.69. The molecule has 3 rings (SSSR count). The Kier molecular flexibility index (Phi) is 3.67. The summed E-state index contributed by atoms with van der Waals surface area (Å²) in [7, 11) is 1.74. The standard InChI is InChI=1S/C15H26N2O3/c1-10(18)9-17(2)14(19)16-12-11-5-8-20-13(11)15(12)6-3-4-7-15/h10-13,18H,3-9H2,1-2H3,(H,16,19). The number of nitrogens with zero attached hydrogens (tertiary/aromatic N) is 1. The number of carbonyl (C=O) groups is 1. The predicted octanol–water partition coefficient (Wildman–Crippen LogP) is 1.36. The molecule has 2 aliphatic carbocycles. The molecule has 20 heavy (non-hydrogen) atoms. The average molecular weight is 282 g/mol. The van der Waals surface area contributed by atoms with Crippen molar-refractivity contribution in [1.29, 1.82) is 0 Å². The van der Waals surface area contributed by atoms with Crippen molar-refractivity contribution < 1.29 is 14.6 Å². The molecule has 5 heteroatoms. The fourth-order valence-corrected chi connectivity index (χ4v) is 4.63. The summed E-state index contributed by atoms with van der Waals surface area (Å²) in [6.45, 7) is 2.91. The van der Waals surface area contributed by atoms with Gasteiger partial charge in [-0.15, -0.1) is 0 Å². The van der Waals surface area contributed by atoms with E-state index in [1.807, 2.05) is 0 Å². The highest BCUT2D eigenvalue weighted by Crippen LogP contribution is 2.60. The molecule has 2 amide bonds. The molecular weight excluding hydrogens is 256 g/mol. The van der Waals surface area contributed by atoms with Gasteiger partial charge in [0.05, 0.1) is 12.2 Å². The summed E-state index contributed by atoms with van der Waals surface area (Å²) < 4.78 is 5.92. The Hall–Kier alpha value is -0.810. The normalized spacial score (nSPS) is 35.5. The van der Waals surface area contributed by atoms with Gasteiger partial charge in [-0.2, -0.15) is 0 Å². The van der Waals surface area contributed by atoms with E-state index in [9.17, 15) is 9.90 Å². The first kappa shape index (κ1) is 14.1. The Bertz CT molecular complexity index is 379. The van der Waals surface area contributed by atoms with Crippen molar-refractivity contribution in [2.75, 3.05) is 20.2 Å². The summed E-state index contributed by atoms with van der Waals surface area (Å²) in [6.07, 6.45) is 5.81. The van der Waals surface area contributed by atoms with Crippen LogP contribution >= 0.6 is 0 Å². The van der Waals surface area contributed by atoms with Gasteiger partial charge >= 0.3 is 6.03 Å². The van der Waals surface area contributed by atoms with Crippen LogP contribution in [0.15, 0.2) is 0 Å². The van der Waals surface area contributed by atoms with Gasteiger partial charge in [0.1, 0.15) is 0 Å². The Balaban J connectivity index is 1.65. The van der Waals surface area contributed by atoms with Crippen LogP contribution in [-0.4, -0.2) is 54.5 Å². The van der Waals surface area contributed by atoms with Crippen molar-refractivity contribution in [3.8, 4) is 0 Å². The van der Waals surface area contributed by atoms with E-state index in [-0.39, 0.29) is 17.5 Å². The molecule has 1 saturated heterocycles. The first-order valence-electron chi connectivity index (χ1n) is 7.86. The van der Waals surface area contributed by atoms with E-state index >= 15 is 0 Å². The number of likely N-dealkylation sites (N-methyl/N-ethyl adjacent to an activating group) is 1. The lowest BCUT2D eigenvalue weighted by Gasteiger charge is -2.57. The Morgan fingerprint density at radius 1 is 1.50 bits per heavy atom. The fourth-order valence-electron chi connectivity index (χ4n) is 4.63. The number of hydrogen-bond donors (Lipinski definition) is 2. The summed E-state index contributed by atoms with van der Waals surface area (Å²) in [6, 6.07) is 0.203. The second-order valence-electron chi connectivity index (χ2n) is 6.84. The molecule has 4 atom stereocenters. The number of aliphatic hydroxyl groups is 1. The number of urea groups is 1. The van der Waals surface area contributed by atoms with Crippen LogP contribution in [0, 0.1) is 11.3 Å². The van der Waals surface area contributed by atoms with Crippen LogP contribution in [0.4, 0.5) is 4.79 Å². The minimum Gasteiger partial charge on any atom is -0.392 e. The predicted molar refractivity (Wildman–Crippen MR) is 75.4 cm³/mol. The molecule has 0 aromatic heterocycles. The molecule has 0 aromatic carbocycles. The number of rotatable bonds is 3. The molecule has 4 unspecified atom stereocenters. The summed E-state index contributed by atoms with van der Waals surface area (Å²) in [4.78, 5) is 13.9. The van der Waals surface area contributed by atoms with Crippen molar-refractivity contribution in [2.24, 2.45) is 11.3 Å². The molecular formula is C15H26N2O3. The minimum atomic E-state index is -0.491. The number of carbonyl (C=O) groups excluding carboxylic acids is 1. The van der Waals surface area contributed by atoms with Crippen LogP contribution < -0.4 is 5.32 Å². The zero-order valence-electron chi connectivity index (χ0n) is 12.5. The van der Waals surface area contributed by atoms with Crippen molar-refractivity contribution >= 4 is 6.03 Å². The monoisotopic (exact) mass is 282 g/mol. The third kappa shape index (κ3) is 2.11. The number of fused-ring (bicyclic) bond motifs is 2. The van der Waals surface area contributed by atoms with Gasteiger partial charge in [0.25, 0.3) is 0 Å². The van der Waals surface area contributed by atoms with Gasteiger partial charge in [-0.05, 0) is 26.2 Å². The zero-order valence-corrected chi connectivity index (χ0v) is 12.5. The lowest BCUT2D eigenvalue weighted by atomic mass is 9.54. The summed E-state index contributed by atoms with van der Waals surface area (Å²) in [5, 5.41) is 12.6. The second-order valence-corrected chi connectivity index (χ2v) is 6.84. The zero-order chi connectivity index (χ0) is 14.3. The van der Waals surface area contributed by atoms with Gasteiger partial charge in [-0.1, -0.05) is 12.8 Å². The van der Waals surface area contributed by atoms with Gasteiger partial charge in [0, 0.05) is 37.6 Å². The summed E-state index contributed by atoms with van der Waals surface area (Å²) >= 11 is 0. The van der Waals surface area contributed by atoms with Crippen molar-refractivity contribution in [1.82, 2.24) is 10.2 Å². The molecule has 3 fully saturated rings.